The Morgan fingerprint density at radius 2 is 1.79 bits per heavy atom. The predicted molar refractivity (Wildman–Crippen MR) is 107 cm³/mol. The zero-order valence-corrected chi connectivity index (χ0v) is 18.0. The zero-order valence-electron chi connectivity index (χ0n) is 18.0. The molecule has 2 rings (SSSR count). The third-order valence-electron chi connectivity index (χ3n) is 4.93. The van der Waals surface area contributed by atoms with Crippen LogP contribution in [0.3, 0.4) is 0 Å². The second-order valence-electron chi connectivity index (χ2n) is 9.20. The van der Waals surface area contributed by atoms with Crippen molar-refractivity contribution in [2.24, 2.45) is 0 Å². The van der Waals surface area contributed by atoms with Crippen LogP contribution in [0.5, 0.6) is 0 Å². The molecule has 0 atom stereocenters. The van der Waals surface area contributed by atoms with Crippen molar-refractivity contribution in [2.75, 3.05) is 6.54 Å². The van der Waals surface area contributed by atoms with Gasteiger partial charge in [-0.15, -0.1) is 0 Å². The van der Waals surface area contributed by atoms with E-state index in [4.69, 9.17) is 14.0 Å². The number of halogens is 1. The molecular weight excluding hydrogens is 362 g/mol. The summed E-state index contributed by atoms with van der Waals surface area (Å²) in [6.07, 6.45) is 1.80. The number of pyridine rings is 1. The van der Waals surface area contributed by atoms with Gasteiger partial charge >= 0.3 is 13.2 Å². The molecule has 1 aliphatic heterocycles. The van der Waals surface area contributed by atoms with Crippen LogP contribution in [0.15, 0.2) is 12.1 Å². The summed E-state index contributed by atoms with van der Waals surface area (Å²) in [6, 6.07) is 3.25. The number of amides is 1. The maximum absolute atomic E-state index is 14.0. The molecule has 1 aromatic rings. The number of rotatable bonds is 6. The maximum Gasteiger partial charge on any atom is 0.514 e. The fourth-order valence-electron chi connectivity index (χ4n) is 2.76. The minimum Gasteiger partial charge on any atom is -0.444 e. The van der Waals surface area contributed by atoms with Crippen LogP contribution < -0.4 is 10.9 Å². The fourth-order valence-corrected chi connectivity index (χ4v) is 2.76. The average Bonchev–Trinajstić information content (AvgIpc) is 2.73. The molecule has 1 aromatic heterocycles. The highest BCUT2D eigenvalue weighted by Gasteiger charge is 2.52. The molecule has 6 nitrogen and oxygen atoms in total. The van der Waals surface area contributed by atoms with Gasteiger partial charge in [-0.3, -0.25) is 0 Å². The van der Waals surface area contributed by atoms with Crippen molar-refractivity contribution in [3.8, 4) is 0 Å². The summed E-state index contributed by atoms with van der Waals surface area (Å²) in [5.74, 6) is -0.547. The van der Waals surface area contributed by atoms with E-state index in [1.807, 2.05) is 54.5 Å². The number of nitrogens with zero attached hydrogens (tertiary/aromatic N) is 1. The van der Waals surface area contributed by atoms with Crippen LogP contribution in [0.2, 0.25) is 0 Å². The van der Waals surface area contributed by atoms with Gasteiger partial charge in [0.1, 0.15) is 5.60 Å². The Morgan fingerprint density at radius 3 is 2.36 bits per heavy atom. The first-order valence-electron chi connectivity index (χ1n) is 9.78. The number of aryl methyl sites for hydroxylation is 1. The quantitative estimate of drug-likeness (QED) is 0.455. The number of nitrogens with one attached hydrogen (secondary N) is 1. The van der Waals surface area contributed by atoms with Gasteiger partial charge in [0.25, 0.3) is 0 Å². The van der Waals surface area contributed by atoms with Crippen LogP contribution in [-0.2, 0) is 20.5 Å². The Morgan fingerprint density at radius 1 is 1.18 bits per heavy atom. The molecule has 1 saturated heterocycles. The van der Waals surface area contributed by atoms with Crippen LogP contribution in [0.25, 0.3) is 0 Å². The zero-order chi connectivity index (χ0) is 21.2. The van der Waals surface area contributed by atoms with Gasteiger partial charge in [0, 0.05) is 6.54 Å². The lowest BCUT2D eigenvalue weighted by atomic mass is 9.83. The molecule has 1 amide bonds. The maximum atomic E-state index is 14.0. The lowest BCUT2D eigenvalue weighted by Crippen LogP contribution is -2.41. The van der Waals surface area contributed by atoms with E-state index in [2.05, 4.69) is 10.3 Å². The van der Waals surface area contributed by atoms with Gasteiger partial charge < -0.3 is 19.4 Å². The molecule has 1 N–H and O–H groups in total. The number of carbonyl (C=O) groups is 1. The highest BCUT2D eigenvalue weighted by atomic mass is 19.1. The Labute approximate surface area is 167 Å². The number of hydrogen-bond donors (Lipinski definition) is 1. The summed E-state index contributed by atoms with van der Waals surface area (Å²) in [4.78, 5) is 15.6. The van der Waals surface area contributed by atoms with E-state index in [1.54, 1.807) is 0 Å². The molecule has 1 fully saturated rings. The normalized spacial score (nSPS) is 18.2. The Hall–Kier alpha value is -1.67. The summed E-state index contributed by atoms with van der Waals surface area (Å²) < 4.78 is 31.1. The molecule has 0 radical (unpaired) electrons. The molecule has 0 unspecified atom stereocenters. The molecule has 28 heavy (non-hydrogen) atoms. The second-order valence-corrected chi connectivity index (χ2v) is 9.20. The summed E-state index contributed by atoms with van der Waals surface area (Å²) in [6.45, 7) is 13.8. The van der Waals surface area contributed by atoms with Crippen molar-refractivity contribution in [1.29, 1.82) is 0 Å². The molecule has 2 heterocycles. The predicted octanol–water partition coefficient (Wildman–Crippen LogP) is 3.37. The number of alkyl carbamates (subject to hydrolysis) is 1. The van der Waals surface area contributed by atoms with Gasteiger partial charge in [0.2, 0.25) is 5.95 Å². The third-order valence-corrected chi connectivity index (χ3v) is 4.93. The average molecular weight is 394 g/mol. The summed E-state index contributed by atoms with van der Waals surface area (Å²) in [7, 11) is -0.687. The smallest absolute Gasteiger partial charge is 0.444 e. The number of aromatic nitrogens is 1. The van der Waals surface area contributed by atoms with E-state index in [0.29, 0.717) is 18.6 Å². The van der Waals surface area contributed by atoms with E-state index in [-0.39, 0.29) is 0 Å². The van der Waals surface area contributed by atoms with Crippen molar-refractivity contribution >= 4 is 18.8 Å². The number of hydrogen-bond acceptors (Lipinski definition) is 5. The molecule has 0 aliphatic carbocycles. The summed E-state index contributed by atoms with van der Waals surface area (Å²) >= 11 is 0. The van der Waals surface area contributed by atoms with Crippen LogP contribution >= 0.6 is 0 Å². The SMILES string of the molecule is CC(C)(C)OC(=O)NCCCCc1cc(F)nc(B2OC(C)(C)C(C)(C)O2)c1. The van der Waals surface area contributed by atoms with Crippen LogP contribution in [-0.4, -0.2) is 41.5 Å². The lowest BCUT2D eigenvalue weighted by Gasteiger charge is -2.32. The highest BCUT2D eigenvalue weighted by Crippen LogP contribution is 2.36. The van der Waals surface area contributed by atoms with Crippen molar-refractivity contribution in [2.45, 2.75) is 84.5 Å². The lowest BCUT2D eigenvalue weighted by molar-refractivity contribution is 0.00578. The molecule has 0 spiro atoms. The Kier molecular flexibility index (Phi) is 6.76. The first-order valence-corrected chi connectivity index (χ1v) is 9.78. The van der Waals surface area contributed by atoms with Crippen LogP contribution in [0, 0.1) is 5.95 Å². The first kappa shape index (κ1) is 22.6. The first-order chi connectivity index (χ1) is 12.8. The second kappa shape index (κ2) is 8.37. The minimum atomic E-state index is -0.687. The molecule has 1 aliphatic rings. The Bertz CT molecular complexity index is 688. The monoisotopic (exact) mass is 394 g/mol. The van der Waals surface area contributed by atoms with E-state index < -0.39 is 36.0 Å². The number of ether oxygens (including phenoxy) is 1. The standard InChI is InChI=1S/C20H32BFN2O4/c1-18(2,3)26-17(25)23-11-9-8-10-14-12-15(24-16(22)13-14)21-27-19(4,5)20(6,7)28-21/h12-13H,8-11H2,1-7H3,(H,23,25). The molecular formula is C20H32BFN2O4. The van der Waals surface area contributed by atoms with Gasteiger partial charge in [-0.2, -0.15) is 4.39 Å². The number of carbonyl (C=O) groups excluding carboxylic acids is 1. The van der Waals surface area contributed by atoms with Crippen LogP contribution in [0.4, 0.5) is 9.18 Å². The van der Waals surface area contributed by atoms with E-state index in [1.165, 1.54) is 6.07 Å². The van der Waals surface area contributed by atoms with Gasteiger partial charge in [-0.05, 0) is 85.4 Å². The van der Waals surface area contributed by atoms with Crippen molar-refractivity contribution in [3.05, 3.63) is 23.6 Å². The minimum absolute atomic E-state index is 0.425. The van der Waals surface area contributed by atoms with Gasteiger partial charge in [-0.25, -0.2) is 9.78 Å². The topological polar surface area (TPSA) is 69.7 Å². The molecule has 0 bridgehead atoms. The van der Waals surface area contributed by atoms with Gasteiger partial charge in [0.15, 0.2) is 0 Å². The van der Waals surface area contributed by atoms with E-state index >= 15 is 0 Å². The number of unbranched alkanes of at least 4 members (excludes halogenated alkanes) is 1. The largest absolute Gasteiger partial charge is 0.514 e. The fraction of sp³-hybridized carbons (Fsp3) is 0.700. The molecule has 0 aromatic carbocycles. The molecule has 8 heteroatoms. The molecule has 0 saturated carbocycles. The van der Waals surface area contributed by atoms with Crippen LogP contribution in [0.1, 0.15) is 66.9 Å². The van der Waals surface area contributed by atoms with Crippen molar-refractivity contribution < 1.29 is 23.2 Å². The van der Waals surface area contributed by atoms with E-state index in [9.17, 15) is 9.18 Å². The van der Waals surface area contributed by atoms with Crippen molar-refractivity contribution in [1.82, 2.24) is 10.3 Å². The van der Waals surface area contributed by atoms with Gasteiger partial charge in [-0.1, -0.05) is 0 Å². The Balaban J connectivity index is 1.86. The molecule has 156 valence electrons. The summed E-state index contributed by atoms with van der Waals surface area (Å²) in [5.41, 5.74) is -0.240. The van der Waals surface area contributed by atoms with E-state index in [0.717, 1.165) is 18.4 Å². The third kappa shape index (κ3) is 6.17. The van der Waals surface area contributed by atoms with Gasteiger partial charge in [0.05, 0.1) is 16.8 Å². The summed E-state index contributed by atoms with van der Waals surface area (Å²) in [5, 5.41) is 2.72. The highest BCUT2D eigenvalue weighted by molar-refractivity contribution is 6.61. The van der Waals surface area contributed by atoms with Crippen molar-refractivity contribution in [3.63, 3.8) is 0 Å².